The van der Waals surface area contributed by atoms with Crippen molar-refractivity contribution in [1.82, 2.24) is 0 Å². The summed E-state index contributed by atoms with van der Waals surface area (Å²) in [5.41, 5.74) is -0.575. The SMILES string of the molecule is COC(=O)C1OC(OCC(=O)C2CCC3C4CCC5CC(O)CCC5(C)C4C(=O)CC23C)C(O)C(O)C1O. The molecule has 5 rings (SSSR count). The van der Waals surface area contributed by atoms with Gasteiger partial charge in [-0.05, 0) is 73.5 Å². The third-order valence-corrected chi connectivity index (χ3v) is 11.1. The molecule has 0 aromatic rings. The first-order valence-electron chi connectivity index (χ1n) is 14.0. The second-order valence-electron chi connectivity index (χ2n) is 12.9. The van der Waals surface area contributed by atoms with Crippen molar-refractivity contribution < 1.29 is 49.0 Å². The van der Waals surface area contributed by atoms with Gasteiger partial charge in [0.25, 0.3) is 0 Å². The minimum absolute atomic E-state index is 0.0223. The summed E-state index contributed by atoms with van der Waals surface area (Å²) in [6, 6.07) is 0. The molecule has 1 heterocycles. The lowest BCUT2D eigenvalue weighted by atomic mass is 9.44. The predicted molar refractivity (Wildman–Crippen MR) is 131 cm³/mol. The van der Waals surface area contributed by atoms with E-state index in [4.69, 9.17) is 9.47 Å². The number of hydrogen-bond acceptors (Lipinski definition) is 10. The van der Waals surface area contributed by atoms with Gasteiger partial charge < -0.3 is 34.6 Å². The fourth-order valence-corrected chi connectivity index (χ4v) is 9.14. The molecular formula is C28H42O10. The molecule has 4 aliphatic carbocycles. The second-order valence-corrected chi connectivity index (χ2v) is 12.9. The molecule has 1 saturated heterocycles. The van der Waals surface area contributed by atoms with Crippen molar-refractivity contribution in [2.24, 2.45) is 40.4 Å². The Morgan fingerprint density at radius 3 is 2.42 bits per heavy atom. The van der Waals surface area contributed by atoms with Gasteiger partial charge in [0.2, 0.25) is 0 Å². The van der Waals surface area contributed by atoms with Crippen LogP contribution in [0.3, 0.4) is 0 Å². The standard InChI is InChI=1S/C28H42O10/c1-27-9-8-14(29)10-13(27)4-5-15-16-6-7-17(28(16,2)11-18(30)20(15)27)19(31)12-37-26-23(34)21(32)22(33)24(38-26)25(35)36-3/h13-17,20-24,26,29,32-34H,4-12H2,1-3H3. The van der Waals surface area contributed by atoms with Gasteiger partial charge in [-0.3, -0.25) is 9.59 Å². The van der Waals surface area contributed by atoms with E-state index < -0.39 is 48.7 Å². The summed E-state index contributed by atoms with van der Waals surface area (Å²) in [6.07, 6.45) is -2.24. The van der Waals surface area contributed by atoms with Crippen molar-refractivity contribution in [3.8, 4) is 0 Å². The van der Waals surface area contributed by atoms with Crippen LogP contribution in [0.5, 0.6) is 0 Å². The van der Waals surface area contributed by atoms with E-state index in [1.165, 1.54) is 0 Å². The van der Waals surface area contributed by atoms with E-state index >= 15 is 0 Å². The first-order valence-corrected chi connectivity index (χ1v) is 14.0. The summed E-state index contributed by atoms with van der Waals surface area (Å²) in [6.45, 7) is 3.89. The molecule has 0 aromatic heterocycles. The van der Waals surface area contributed by atoms with Crippen LogP contribution in [0, 0.1) is 40.4 Å². The van der Waals surface area contributed by atoms with Crippen LogP contribution in [0.1, 0.15) is 65.2 Å². The highest BCUT2D eigenvalue weighted by Gasteiger charge is 2.64. The number of aliphatic hydroxyl groups is 4. The number of carbonyl (C=O) groups is 3. The Balaban J connectivity index is 1.27. The third kappa shape index (κ3) is 4.36. The molecule has 10 nitrogen and oxygen atoms in total. The Labute approximate surface area is 223 Å². The highest BCUT2D eigenvalue weighted by atomic mass is 16.7. The van der Waals surface area contributed by atoms with E-state index in [0.717, 1.165) is 45.6 Å². The number of ketones is 2. The predicted octanol–water partition coefficient (Wildman–Crippen LogP) is 0.752. The summed E-state index contributed by atoms with van der Waals surface area (Å²) < 4.78 is 15.5. The molecule has 38 heavy (non-hydrogen) atoms. The molecule has 4 saturated carbocycles. The number of esters is 1. The lowest BCUT2D eigenvalue weighted by molar-refractivity contribution is -0.293. The van der Waals surface area contributed by atoms with Gasteiger partial charge in [-0.1, -0.05) is 13.8 Å². The van der Waals surface area contributed by atoms with Gasteiger partial charge in [0, 0.05) is 18.3 Å². The maximum Gasteiger partial charge on any atom is 0.337 e. The average Bonchev–Trinajstić information content (AvgIpc) is 3.23. The molecule has 0 amide bonds. The van der Waals surface area contributed by atoms with Crippen molar-refractivity contribution in [1.29, 1.82) is 0 Å². The second kappa shape index (κ2) is 10.2. The van der Waals surface area contributed by atoms with Gasteiger partial charge in [0.1, 0.15) is 30.7 Å². The summed E-state index contributed by atoms with van der Waals surface area (Å²) in [5.74, 6) is -0.457. The Bertz CT molecular complexity index is 954. The molecule has 0 spiro atoms. The van der Waals surface area contributed by atoms with Gasteiger partial charge in [-0.25, -0.2) is 4.79 Å². The van der Waals surface area contributed by atoms with E-state index in [0.29, 0.717) is 18.8 Å². The number of carbonyl (C=O) groups excluding carboxylic acids is 3. The number of fused-ring (bicyclic) bond motifs is 5. The molecule has 13 atom stereocenters. The highest BCUT2D eigenvalue weighted by Crippen LogP contribution is 2.66. The number of Topliss-reactive ketones (excluding diaryl/α,β-unsaturated/α-hetero) is 2. The van der Waals surface area contributed by atoms with Crippen molar-refractivity contribution in [3.05, 3.63) is 0 Å². The normalized spacial score (nSPS) is 50.5. The molecule has 5 fully saturated rings. The van der Waals surface area contributed by atoms with Gasteiger partial charge in [-0.2, -0.15) is 0 Å². The Morgan fingerprint density at radius 1 is 0.974 bits per heavy atom. The maximum absolute atomic E-state index is 13.8. The number of methoxy groups -OCH3 is 1. The lowest BCUT2D eigenvalue weighted by Gasteiger charge is -2.59. The van der Waals surface area contributed by atoms with Crippen molar-refractivity contribution >= 4 is 17.5 Å². The number of ether oxygens (including phenoxy) is 3. The molecule has 0 radical (unpaired) electrons. The van der Waals surface area contributed by atoms with E-state index in [-0.39, 0.29) is 46.8 Å². The van der Waals surface area contributed by atoms with Crippen molar-refractivity contribution in [2.45, 2.75) is 102 Å². The van der Waals surface area contributed by atoms with Crippen LogP contribution in [-0.2, 0) is 28.6 Å². The zero-order valence-corrected chi connectivity index (χ0v) is 22.5. The van der Waals surface area contributed by atoms with Crippen LogP contribution in [0.4, 0.5) is 0 Å². The largest absolute Gasteiger partial charge is 0.467 e. The number of hydrogen-bond donors (Lipinski definition) is 4. The van der Waals surface area contributed by atoms with E-state index in [1.54, 1.807) is 0 Å². The van der Waals surface area contributed by atoms with Gasteiger partial charge in [0.05, 0.1) is 13.2 Å². The minimum Gasteiger partial charge on any atom is -0.467 e. The summed E-state index contributed by atoms with van der Waals surface area (Å²) in [7, 11) is 1.10. The number of rotatable bonds is 5. The van der Waals surface area contributed by atoms with Gasteiger partial charge in [0.15, 0.2) is 18.2 Å². The molecule has 5 aliphatic rings. The Hall–Kier alpha value is -1.43. The van der Waals surface area contributed by atoms with Crippen LogP contribution in [0.15, 0.2) is 0 Å². The highest BCUT2D eigenvalue weighted by molar-refractivity contribution is 5.88. The third-order valence-electron chi connectivity index (χ3n) is 11.1. The fraction of sp³-hybridized carbons (Fsp3) is 0.893. The van der Waals surface area contributed by atoms with Crippen LogP contribution in [0.2, 0.25) is 0 Å². The molecule has 10 heteroatoms. The Morgan fingerprint density at radius 2 is 1.71 bits per heavy atom. The molecule has 0 aromatic carbocycles. The molecule has 214 valence electrons. The Kier molecular flexibility index (Phi) is 7.54. The topological polar surface area (TPSA) is 160 Å². The van der Waals surface area contributed by atoms with Crippen molar-refractivity contribution in [2.75, 3.05) is 13.7 Å². The van der Waals surface area contributed by atoms with Gasteiger partial charge in [-0.15, -0.1) is 0 Å². The van der Waals surface area contributed by atoms with E-state index in [9.17, 15) is 34.8 Å². The first kappa shape index (κ1) is 28.1. The monoisotopic (exact) mass is 538 g/mol. The maximum atomic E-state index is 13.8. The molecule has 13 unspecified atom stereocenters. The summed E-state index contributed by atoms with van der Waals surface area (Å²) >= 11 is 0. The molecule has 4 N–H and O–H groups in total. The first-order chi connectivity index (χ1) is 17.9. The van der Waals surface area contributed by atoms with Crippen LogP contribution >= 0.6 is 0 Å². The minimum atomic E-state index is -1.72. The quantitative estimate of drug-likeness (QED) is 0.368. The van der Waals surface area contributed by atoms with E-state index in [2.05, 4.69) is 18.6 Å². The summed E-state index contributed by atoms with van der Waals surface area (Å²) in [4.78, 5) is 39.2. The average molecular weight is 539 g/mol. The van der Waals surface area contributed by atoms with Crippen LogP contribution < -0.4 is 0 Å². The number of aliphatic hydroxyl groups excluding tert-OH is 4. The lowest BCUT2D eigenvalue weighted by Crippen LogP contribution is -2.60. The molecule has 1 aliphatic heterocycles. The van der Waals surface area contributed by atoms with Crippen LogP contribution in [0.25, 0.3) is 0 Å². The van der Waals surface area contributed by atoms with E-state index in [1.807, 2.05) is 0 Å². The zero-order valence-electron chi connectivity index (χ0n) is 22.5. The zero-order chi connectivity index (χ0) is 27.6. The van der Waals surface area contributed by atoms with Gasteiger partial charge >= 0.3 is 5.97 Å². The molecular weight excluding hydrogens is 496 g/mol. The fourth-order valence-electron chi connectivity index (χ4n) is 9.14. The van der Waals surface area contributed by atoms with Crippen LogP contribution in [-0.4, -0.2) is 88.5 Å². The summed E-state index contributed by atoms with van der Waals surface area (Å²) in [5, 5.41) is 40.8. The molecule has 0 bridgehead atoms. The smallest absolute Gasteiger partial charge is 0.337 e. The van der Waals surface area contributed by atoms with Crippen molar-refractivity contribution in [3.63, 3.8) is 0 Å².